The summed E-state index contributed by atoms with van der Waals surface area (Å²) in [5.41, 5.74) is 0.418. The van der Waals surface area contributed by atoms with E-state index < -0.39 is 5.97 Å². The molecule has 1 aliphatic rings. The number of carboxylic acids is 1. The first-order valence-electron chi connectivity index (χ1n) is 6.55. The van der Waals surface area contributed by atoms with Crippen LogP contribution in [-0.4, -0.2) is 49.1 Å². The zero-order valence-electron chi connectivity index (χ0n) is 11.7. The summed E-state index contributed by atoms with van der Waals surface area (Å²) in [6.07, 6.45) is 3.52. The maximum atomic E-state index is 12.1. The van der Waals surface area contributed by atoms with E-state index in [-0.39, 0.29) is 24.7 Å². The Morgan fingerprint density at radius 1 is 1.50 bits per heavy atom. The van der Waals surface area contributed by atoms with Crippen LogP contribution in [0.4, 0.5) is 4.79 Å². The fourth-order valence-corrected chi connectivity index (χ4v) is 2.38. The smallest absolute Gasteiger partial charge is 0.325 e. The predicted octanol–water partition coefficient (Wildman–Crippen LogP) is 0.447. The highest BCUT2D eigenvalue weighted by molar-refractivity contribution is 5.75. The molecule has 0 bridgehead atoms. The number of carbonyl (C=O) groups excluding carboxylic acids is 1. The van der Waals surface area contributed by atoms with Crippen molar-refractivity contribution < 1.29 is 14.7 Å². The molecule has 1 saturated heterocycles. The van der Waals surface area contributed by atoms with Gasteiger partial charge in [-0.15, -0.1) is 5.10 Å². The zero-order chi connectivity index (χ0) is 14.8. The molecule has 0 saturated carbocycles. The molecule has 1 aromatic rings. The second kappa shape index (κ2) is 5.48. The summed E-state index contributed by atoms with van der Waals surface area (Å²) in [4.78, 5) is 24.4. The number of urea groups is 1. The minimum atomic E-state index is -0.982. The third kappa shape index (κ3) is 3.25. The highest BCUT2D eigenvalue weighted by atomic mass is 16.4. The lowest BCUT2D eigenvalue weighted by molar-refractivity contribution is -0.137. The molecule has 20 heavy (non-hydrogen) atoms. The Kier molecular flexibility index (Phi) is 3.91. The van der Waals surface area contributed by atoms with Gasteiger partial charge < -0.3 is 15.3 Å². The van der Waals surface area contributed by atoms with Crippen molar-refractivity contribution in [2.24, 2.45) is 0 Å². The molecular formula is C12H19N5O3. The van der Waals surface area contributed by atoms with Gasteiger partial charge in [-0.05, 0) is 26.7 Å². The number of nitrogens with zero attached hydrogens (tertiary/aromatic N) is 4. The van der Waals surface area contributed by atoms with Crippen molar-refractivity contribution in [2.45, 2.75) is 45.3 Å². The molecule has 110 valence electrons. The highest BCUT2D eigenvalue weighted by Gasteiger charge is 2.35. The van der Waals surface area contributed by atoms with Crippen LogP contribution in [0, 0.1) is 0 Å². The van der Waals surface area contributed by atoms with Crippen molar-refractivity contribution >= 4 is 12.0 Å². The van der Waals surface area contributed by atoms with Gasteiger partial charge >= 0.3 is 12.0 Å². The normalized spacial score (nSPS) is 17.2. The van der Waals surface area contributed by atoms with Gasteiger partial charge in [0.25, 0.3) is 0 Å². The molecule has 0 spiro atoms. The second-order valence-corrected chi connectivity index (χ2v) is 5.53. The van der Waals surface area contributed by atoms with E-state index in [0.717, 1.165) is 19.4 Å². The average Bonchev–Trinajstić information content (AvgIpc) is 2.91. The SMILES string of the molecule is CC1(C)CCCN1C(=O)NCc1cn(CC(=O)O)nn1. The minimum absolute atomic E-state index is 0.120. The van der Waals surface area contributed by atoms with Crippen LogP contribution in [0.3, 0.4) is 0 Å². The highest BCUT2D eigenvalue weighted by Crippen LogP contribution is 2.27. The molecule has 2 N–H and O–H groups in total. The summed E-state index contributed by atoms with van der Waals surface area (Å²) in [5, 5.41) is 18.9. The van der Waals surface area contributed by atoms with Crippen LogP contribution in [0.5, 0.6) is 0 Å². The summed E-state index contributed by atoms with van der Waals surface area (Å²) in [6.45, 7) is 4.85. The van der Waals surface area contributed by atoms with Gasteiger partial charge in [-0.3, -0.25) is 4.79 Å². The van der Waals surface area contributed by atoms with E-state index >= 15 is 0 Å². The third-order valence-corrected chi connectivity index (χ3v) is 3.45. The summed E-state index contributed by atoms with van der Waals surface area (Å²) < 4.78 is 1.23. The Bertz CT molecular complexity index is 511. The molecule has 0 atom stereocenters. The van der Waals surface area contributed by atoms with E-state index in [0.29, 0.717) is 5.69 Å². The number of rotatable bonds is 4. The van der Waals surface area contributed by atoms with Gasteiger partial charge in [-0.25, -0.2) is 9.48 Å². The third-order valence-electron chi connectivity index (χ3n) is 3.45. The summed E-state index contributed by atoms with van der Waals surface area (Å²) in [5.74, 6) is -0.982. The van der Waals surface area contributed by atoms with Gasteiger partial charge in [0.15, 0.2) is 0 Å². The number of likely N-dealkylation sites (tertiary alicyclic amines) is 1. The van der Waals surface area contributed by atoms with Crippen LogP contribution in [0.25, 0.3) is 0 Å². The molecule has 1 fully saturated rings. The topological polar surface area (TPSA) is 100 Å². The van der Waals surface area contributed by atoms with Crippen molar-refractivity contribution in [1.29, 1.82) is 0 Å². The zero-order valence-corrected chi connectivity index (χ0v) is 11.7. The molecule has 2 heterocycles. The first-order valence-corrected chi connectivity index (χ1v) is 6.55. The molecule has 2 amide bonds. The Balaban J connectivity index is 1.87. The number of carbonyl (C=O) groups is 2. The van der Waals surface area contributed by atoms with E-state index in [9.17, 15) is 9.59 Å². The summed E-state index contributed by atoms with van der Waals surface area (Å²) in [7, 11) is 0. The Labute approximate surface area is 116 Å². The molecule has 8 nitrogen and oxygen atoms in total. The Hall–Kier alpha value is -2.12. The quantitative estimate of drug-likeness (QED) is 0.834. The monoisotopic (exact) mass is 281 g/mol. The predicted molar refractivity (Wildman–Crippen MR) is 69.9 cm³/mol. The number of nitrogens with one attached hydrogen (secondary N) is 1. The molecule has 1 aromatic heterocycles. The lowest BCUT2D eigenvalue weighted by atomic mass is 10.0. The van der Waals surface area contributed by atoms with E-state index in [1.165, 1.54) is 10.9 Å². The van der Waals surface area contributed by atoms with E-state index in [1.54, 1.807) is 0 Å². The van der Waals surface area contributed by atoms with Gasteiger partial charge in [0.2, 0.25) is 0 Å². The maximum absolute atomic E-state index is 12.1. The average molecular weight is 281 g/mol. The molecule has 1 aliphatic heterocycles. The molecular weight excluding hydrogens is 262 g/mol. The van der Waals surface area contributed by atoms with Crippen LogP contribution in [-0.2, 0) is 17.9 Å². The van der Waals surface area contributed by atoms with Crippen molar-refractivity contribution in [3.63, 3.8) is 0 Å². The summed E-state index contributed by atoms with van der Waals surface area (Å²) in [6, 6.07) is -0.125. The van der Waals surface area contributed by atoms with Crippen LogP contribution < -0.4 is 5.32 Å². The van der Waals surface area contributed by atoms with Crippen molar-refractivity contribution in [2.75, 3.05) is 6.54 Å². The number of carboxylic acid groups (broad SMARTS) is 1. The molecule has 8 heteroatoms. The van der Waals surface area contributed by atoms with Crippen LogP contribution in [0.2, 0.25) is 0 Å². The van der Waals surface area contributed by atoms with Crippen molar-refractivity contribution in [3.05, 3.63) is 11.9 Å². The number of aliphatic carboxylic acids is 1. The van der Waals surface area contributed by atoms with Crippen molar-refractivity contribution in [3.8, 4) is 0 Å². The molecule has 0 aliphatic carbocycles. The Morgan fingerprint density at radius 2 is 2.25 bits per heavy atom. The maximum Gasteiger partial charge on any atom is 0.325 e. The first kappa shape index (κ1) is 14.3. The number of hydrogen-bond acceptors (Lipinski definition) is 4. The molecule has 2 rings (SSSR count). The lowest BCUT2D eigenvalue weighted by Gasteiger charge is -2.31. The molecule has 0 radical (unpaired) electrons. The van der Waals surface area contributed by atoms with Gasteiger partial charge in [-0.2, -0.15) is 0 Å². The lowest BCUT2D eigenvalue weighted by Crippen LogP contribution is -2.47. The van der Waals surface area contributed by atoms with Crippen LogP contribution >= 0.6 is 0 Å². The van der Waals surface area contributed by atoms with Gasteiger partial charge in [0.05, 0.1) is 12.7 Å². The van der Waals surface area contributed by atoms with E-state index in [4.69, 9.17) is 5.11 Å². The second-order valence-electron chi connectivity index (χ2n) is 5.53. The van der Waals surface area contributed by atoms with E-state index in [1.807, 2.05) is 18.7 Å². The van der Waals surface area contributed by atoms with Crippen LogP contribution in [0.1, 0.15) is 32.4 Å². The number of hydrogen-bond donors (Lipinski definition) is 2. The van der Waals surface area contributed by atoms with Crippen LogP contribution in [0.15, 0.2) is 6.20 Å². The fraction of sp³-hybridized carbons (Fsp3) is 0.667. The number of aromatic nitrogens is 3. The van der Waals surface area contributed by atoms with Crippen molar-refractivity contribution in [1.82, 2.24) is 25.2 Å². The standard InChI is InChI=1S/C12H19N5O3/c1-12(2)4-3-5-17(12)11(20)13-6-9-7-16(15-14-9)8-10(18)19/h7H,3-6,8H2,1-2H3,(H,13,20)(H,18,19). The molecule has 0 unspecified atom stereocenters. The van der Waals surface area contributed by atoms with Gasteiger partial charge in [0, 0.05) is 12.1 Å². The summed E-state index contributed by atoms with van der Waals surface area (Å²) >= 11 is 0. The largest absolute Gasteiger partial charge is 0.480 e. The van der Waals surface area contributed by atoms with Gasteiger partial charge in [0.1, 0.15) is 12.2 Å². The first-order chi connectivity index (χ1) is 9.38. The molecule has 0 aromatic carbocycles. The fourth-order valence-electron chi connectivity index (χ4n) is 2.38. The van der Waals surface area contributed by atoms with E-state index in [2.05, 4.69) is 15.6 Å². The Morgan fingerprint density at radius 3 is 2.85 bits per heavy atom. The van der Waals surface area contributed by atoms with Gasteiger partial charge in [-0.1, -0.05) is 5.21 Å². The number of amides is 2. The minimum Gasteiger partial charge on any atom is -0.480 e.